The highest BCUT2D eigenvalue weighted by atomic mass is 16.2. The molecule has 25 heavy (non-hydrogen) atoms. The molecule has 2 amide bonds. The fraction of sp³-hybridized carbons (Fsp3) is 0.524. The lowest BCUT2D eigenvalue weighted by Crippen LogP contribution is -2.47. The van der Waals surface area contributed by atoms with Crippen molar-refractivity contribution in [3.8, 4) is 0 Å². The van der Waals surface area contributed by atoms with Crippen LogP contribution in [0.2, 0.25) is 0 Å². The minimum atomic E-state index is 0.0801. The Hall–Kier alpha value is -2.10. The summed E-state index contributed by atoms with van der Waals surface area (Å²) in [5.74, 6) is 1.09. The Kier molecular flexibility index (Phi) is 4.60. The Labute approximate surface area is 149 Å². The largest absolute Gasteiger partial charge is 0.340 e. The van der Waals surface area contributed by atoms with Gasteiger partial charge < -0.3 is 9.80 Å². The van der Waals surface area contributed by atoms with E-state index in [9.17, 15) is 9.59 Å². The van der Waals surface area contributed by atoms with Gasteiger partial charge in [0.05, 0.1) is 0 Å². The maximum absolute atomic E-state index is 12.7. The molecule has 3 heterocycles. The van der Waals surface area contributed by atoms with Gasteiger partial charge in [-0.1, -0.05) is 36.8 Å². The molecule has 4 nitrogen and oxygen atoms in total. The van der Waals surface area contributed by atoms with Gasteiger partial charge in [0.15, 0.2) is 0 Å². The normalized spacial score (nSPS) is 26.6. The second kappa shape index (κ2) is 7.03. The summed E-state index contributed by atoms with van der Waals surface area (Å²) < 4.78 is 0. The van der Waals surface area contributed by atoms with Crippen LogP contribution in [0.15, 0.2) is 36.4 Å². The molecule has 3 aliphatic heterocycles. The molecule has 0 radical (unpaired) electrons. The van der Waals surface area contributed by atoms with Crippen LogP contribution in [0, 0.1) is 11.8 Å². The maximum atomic E-state index is 12.7. The highest BCUT2D eigenvalue weighted by Crippen LogP contribution is 2.33. The summed E-state index contributed by atoms with van der Waals surface area (Å²) in [7, 11) is 0. The van der Waals surface area contributed by atoms with Crippen LogP contribution in [0.1, 0.15) is 37.7 Å². The van der Waals surface area contributed by atoms with Gasteiger partial charge in [0, 0.05) is 37.7 Å². The lowest BCUT2D eigenvalue weighted by Gasteiger charge is -2.35. The summed E-state index contributed by atoms with van der Waals surface area (Å²) in [6.07, 6.45) is 9.01. The van der Waals surface area contributed by atoms with E-state index in [1.807, 2.05) is 41.3 Å². The molecule has 1 aromatic carbocycles. The van der Waals surface area contributed by atoms with Crippen molar-refractivity contribution in [3.05, 3.63) is 42.0 Å². The number of amides is 2. The molecule has 2 atom stereocenters. The van der Waals surface area contributed by atoms with Gasteiger partial charge in [-0.05, 0) is 43.2 Å². The first-order valence-electron chi connectivity index (χ1n) is 9.53. The lowest BCUT2D eigenvalue weighted by atomic mass is 9.84. The number of carbonyl (C=O) groups is 2. The third-order valence-electron chi connectivity index (χ3n) is 5.98. The van der Waals surface area contributed by atoms with Gasteiger partial charge >= 0.3 is 0 Å². The topological polar surface area (TPSA) is 40.6 Å². The molecule has 1 aliphatic carbocycles. The Morgan fingerprint density at radius 3 is 2.48 bits per heavy atom. The van der Waals surface area contributed by atoms with Gasteiger partial charge in [0.25, 0.3) is 0 Å². The summed E-state index contributed by atoms with van der Waals surface area (Å²) in [5.41, 5.74) is 1.04. The average Bonchev–Trinajstić information content (AvgIpc) is 2.91. The predicted molar refractivity (Wildman–Crippen MR) is 97.6 cm³/mol. The third kappa shape index (κ3) is 3.48. The van der Waals surface area contributed by atoms with E-state index in [-0.39, 0.29) is 17.9 Å². The number of hydrogen-bond acceptors (Lipinski definition) is 2. The summed E-state index contributed by atoms with van der Waals surface area (Å²) in [5, 5.41) is 0. The molecule has 4 fully saturated rings. The zero-order chi connectivity index (χ0) is 17.2. The lowest BCUT2D eigenvalue weighted by molar-refractivity contribution is -0.139. The third-order valence-corrected chi connectivity index (χ3v) is 5.98. The Morgan fingerprint density at radius 1 is 0.960 bits per heavy atom. The average molecular weight is 338 g/mol. The Morgan fingerprint density at radius 2 is 1.76 bits per heavy atom. The summed E-state index contributed by atoms with van der Waals surface area (Å²) >= 11 is 0. The molecule has 132 valence electrons. The van der Waals surface area contributed by atoms with Crippen molar-refractivity contribution >= 4 is 17.9 Å². The van der Waals surface area contributed by atoms with Crippen molar-refractivity contribution in [2.45, 2.75) is 38.1 Å². The number of carbonyl (C=O) groups excluding carboxylic acids is 2. The van der Waals surface area contributed by atoms with Crippen molar-refractivity contribution in [3.63, 3.8) is 0 Å². The van der Waals surface area contributed by atoms with Crippen LogP contribution < -0.4 is 0 Å². The van der Waals surface area contributed by atoms with Gasteiger partial charge in [-0.2, -0.15) is 0 Å². The van der Waals surface area contributed by atoms with Crippen molar-refractivity contribution in [1.29, 1.82) is 0 Å². The minimum Gasteiger partial charge on any atom is -0.340 e. The highest BCUT2D eigenvalue weighted by Gasteiger charge is 2.40. The van der Waals surface area contributed by atoms with Crippen LogP contribution in [-0.2, 0) is 9.59 Å². The second-order valence-corrected chi connectivity index (χ2v) is 7.70. The van der Waals surface area contributed by atoms with Crippen LogP contribution in [0.3, 0.4) is 0 Å². The summed E-state index contributed by atoms with van der Waals surface area (Å²) in [6, 6.07) is 10.1. The van der Waals surface area contributed by atoms with Crippen LogP contribution in [0.25, 0.3) is 6.08 Å². The van der Waals surface area contributed by atoms with E-state index in [1.54, 1.807) is 6.08 Å². The molecular formula is C21H26N2O2. The highest BCUT2D eigenvalue weighted by molar-refractivity contribution is 5.92. The summed E-state index contributed by atoms with van der Waals surface area (Å²) in [6.45, 7) is 2.34. The standard InChI is InChI=1S/C21H26N2O2/c24-20(12-10-16-5-2-1-3-6-16)23-14-17-9-11-19(23)15-22(13-17)21(25)18-7-4-8-18/h1-3,5-6,10,12,17-19H,4,7-9,11,13-15H2/b12-10+/t17-,19+/m0/s1. The second-order valence-electron chi connectivity index (χ2n) is 7.70. The molecule has 1 saturated carbocycles. The number of benzene rings is 1. The van der Waals surface area contributed by atoms with Crippen molar-refractivity contribution < 1.29 is 9.59 Å². The molecular weight excluding hydrogens is 312 g/mol. The molecule has 0 spiro atoms. The van der Waals surface area contributed by atoms with E-state index in [1.165, 1.54) is 6.42 Å². The van der Waals surface area contributed by atoms with E-state index in [0.29, 0.717) is 11.8 Å². The predicted octanol–water partition coefficient (Wildman–Crippen LogP) is 2.95. The first-order chi connectivity index (χ1) is 12.2. The zero-order valence-electron chi connectivity index (χ0n) is 14.6. The zero-order valence-corrected chi connectivity index (χ0v) is 14.6. The number of hydrogen-bond donors (Lipinski definition) is 0. The molecule has 0 unspecified atom stereocenters. The van der Waals surface area contributed by atoms with Gasteiger partial charge in [0.1, 0.15) is 0 Å². The van der Waals surface area contributed by atoms with Gasteiger partial charge in [-0.15, -0.1) is 0 Å². The van der Waals surface area contributed by atoms with E-state index in [2.05, 4.69) is 4.90 Å². The van der Waals surface area contributed by atoms with Crippen LogP contribution >= 0.6 is 0 Å². The SMILES string of the molecule is O=C(C1CCC1)N1C[C@@H]2CC[C@H](C1)N(C(=O)/C=C/c1ccccc1)C2. The van der Waals surface area contributed by atoms with Crippen molar-refractivity contribution in [2.75, 3.05) is 19.6 Å². The van der Waals surface area contributed by atoms with Crippen LogP contribution in [-0.4, -0.2) is 47.3 Å². The first-order valence-corrected chi connectivity index (χ1v) is 9.53. The molecule has 2 bridgehead atoms. The molecule has 1 aromatic rings. The molecule has 0 N–H and O–H groups in total. The molecule has 0 aromatic heterocycles. The van der Waals surface area contributed by atoms with E-state index in [0.717, 1.165) is 50.9 Å². The van der Waals surface area contributed by atoms with Gasteiger partial charge in [-0.25, -0.2) is 0 Å². The molecule has 4 aliphatic rings. The van der Waals surface area contributed by atoms with Crippen LogP contribution in [0.5, 0.6) is 0 Å². The summed E-state index contributed by atoms with van der Waals surface area (Å²) in [4.78, 5) is 29.4. The minimum absolute atomic E-state index is 0.0801. The Balaban J connectivity index is 1.44. The van der Waals surface area contributed by atoms with E-state index >= 15 is 0 Å². The molecule has 4 heteroatoms. The van der Waals surface area contributed by atoms with Gasteiger partial charge in [-0.3, -0.25) is 9.59 Å². The molecule has 3 saturated heterocycles. The van der Waals surface area contributed by atoms with E-state index in [4.69, 9.17) is 0 Å². The van der Waals surface area contributed by atoms with Gasteiger partial charge in [0.2, 0.25) is 11.8 Å². The smallest absolute Gasteiger partial charge is 0.246 e. The fourth-order valence-corrected chi connectivity index (χ4v) is 4.27. The quantitative estimate of drug-likeness (QED) is 0.795. The first kappa shape index (κ1) is 16.4. The number of rotatable bonds is 3. The number of nitrogens with zero attached hydrogens (tertiary/aromatic N) is 2. The molecule has 5 rings (SSSR count). The maximum Gasteiger partial charge on any atom is 0.246 e. The van der Waals surface area contributed by atoms with Crippen molar-refractivity contribution in [2.24, 2.45) is 11.8 Å². The van der Waals surface area contributed by atoms with Crippen molar-refractivity contribution in [1.82, 2.24) is 9.80 Å². The van der Waals surface area contributed by atoms with E-state index < -0.39 is 0 Å². The van der Waals surface area contributed by atoms with Crippen LogP contribution in [0.4, 0.5) is 0 Å². The number of piperidine rings is 1. The fourth-order valence-electron chi connectivity index (χ4n) is 4.27. The monoisotopic (exact) mass is 338 g/mol. The Bertz CT molecular complexity index is 666. The number of fused-ring (bicyclic) bond motifs is 4.